The topological polar surface area (TPSA) is 66.5 Å². The molecule has 1 amide bonds. The zero-order valence-electron chi connectivity index (χ0n) is 9.47. The van der Waals surface area contributed by atoms with E-state index in [2.05, 4.69) is 5.43 Å². The van der Waals surface area contributed by atoms with E-state index in [1.807, 2.05) is 0 Å². The van der Waals surface area contributed by atoms with E-state index >= 15 is 0 Å². The van der Waals surface area contributed by atoms with Crippen LogP contribution >= 0.6 is 0 Å². The third-order valence-electron chi connectivity index (χ3n) is 2.33. The fourth-order valence-corrected chi connectivity index (χ4v) is 2.79. The van der Waals surface area contributed by atoms with Crippen LogP contribution in [-0.2, 0) is 9.84 Å². The molecule has 17 heavy (non-hydrogen) atoms. The number of nitrogens with zero attached hydrogens (tertiary/aromatic N) is 1. The summed E-state index contributed by atoms with van der Waals surface area (Å²) < 4.78 is 23.2. The van der Waals surface area contributed by atoms with E-state index in [0.29, 0.717) is 11.1 Å². The number of hydrogen-bond acceptors (Lipinski definition) is 4. The van der Waals surface area contributed by atoms with Gasteiger partial charge in [-0.05, 0) is 23.8 Å². The summed E-state index contributed by atoms with van der Waals surface area (Å²) in [6.45, 7) is 0. The number of sulfone groups is 1. The van der Waals surface area contributed by atoms with Gasteiger partial charge in [0.05, 0.1) is 4.90 Å². The number of nitrogens with one attached hydrogen (secondary N) is 1. The summed E-state index contributed by atoms with van der Waals surface area (Å²) in [7, 11) is 0.00393. The van der Waals surface area contributed by atoms with E-state index in [1.54, 1.807) is 26.2 Å². The van der Waals surface area contributed by atoms with Gasteiger partial charge in [0.1, 0.15) is 0 Å². The van der Waals surface area contributed by atoms with Crippen LogP contribution in [0.5, 0.6) is 0 Å². The predicted octanol–water partition coefficient (Wildman–Crippen LogP) is 0.651. The summed E-state index contributed by atoms with van der Waals surface area (Å²) in [5.74, 6) is -0.333. The molecule has 0 radical (unpaired) electrons. The molecular weight excluding hydrogens is 240 g/mol. The van der Waals surface area contributed by atoms with Crippen LogP contribution in [0.4, 0.5) is 0 Å². The van der Waals surface area contributed by atoms with Gasteiger partial charge in [0.25, 0.3) is 5.91 Å². The molecule has 0 fully saturated rings. The van der Waals surface area contributed by atoms with Crippen molar-refractivity contribution < 1.29 is 13.2 Å². The second kappa shape index (κ2) is 3.97. The van der Waals surface area contributed by atoms with Crippen LogP contribution < -0.4 is 5.43 Å². The van der Waals surface area contributed by atoms with Gasteiger partial charge in [0.2, 0.25) is 0 Å². The Bertz CT molecular complexity index is 603. The van der Waals surface area contributed by atoms with E-state index in [0.717, 1.165) is 5.41 Å². The standard InChI is InChI=1S/C11H12N2O3S/c1-13(2)12-11(14)9-4-3-8-5-6-17(15,16)10(8)7-9/h3-7H,1-2H3,(H,12,14). The van der Waals surface area contributed by atoms with Crippen molar-refractivity contribution in [2.75, 3.05) is 14.1 Å². The van der Waals surface area contributed by atoms with Crippen LogP contribution in [0.3, 0.4) is 0 Å². The predicted molar refractivity (Wildman–Crippen MR) is 63.8 cm³/mol. The maximum absolute atomic E-state index is 11.7. The van der Waals surface area contributed by atoms with Gasteiger partial charge in [0, 0.05) is 25.1 Å². The van der Waals surface area contributed by atoms with Gasteiger partial charge < -0.3 is 0 Å². The smallest absolute Gasteiger partial charge is 0.265 e. The highest BCUT2D eigenvalue weighted by atomic mass is 32.2. The molecular formula is C11H12N2O3S. The lowest BCUT2D eigenvalue weighted by molar-refractivity contribution is 0.0856. The fourth-order valence-electron chi connectivity index (χ4n) is 1.56. The lowest BCUT2D eigenvalue weighted by atomic mass is 10.1. The monoisotopic (exact) mass is 252 g/mol. The molecule has 1 N–H and O–H groups in total. The largest absolute Gasteiger partial charge is 0.285 e. The van der Waals surface area contributed by atoms with Crippen molar-refractivity contribution in [3.05, 3.63) is 34.7 Å². The second-order valence-electron chi connectivity index (χ2n) is 3.94. The average molecular weight is 252 g/mol. The molecule has 0 saturated carbocycles. The van der Waals surface area contributed by atoms with Crippen LogP contribution in [0.15, 0.2) is 28.5 Å². The molecule has 0 aliphatic carbocycles. The van der Waals surface area contributed by atoms with Crippen LogP contribution in [0, 0.1) is 0 Å². The highest BCUT2D eigenvalue weighted by molar-refractivity contribution is 7.94. The maximum Gasteiger partial charge on any atom is 0.265 e. The molecule has 5 nitrogen and oxygen atoms in total. The van der Waals surface area contributed by atoms with Crippen LogP contribution in [0.2, 0.25) is 0 Å². The molecule has 1 aliphatic rings. The third-order valence-corrected chi connectivity index (χ3v) is 3.80. The molecule has 0 aromatic heterocycles. The summed E-state index contributed by atoms with van der Waals surface area (Å²) in [5.41, 5.74) is 3.50. The first kappa shape index (κ1) is 11.8. The lowest BCUT2D eigenvalue weighted by Crippen LogP contribution is -2.36. The van der Waals surface area contributed by atoms with E-state index in [1.165, 1.54) is 17.2 Å². The molecule has 2 rings (SSSR count). The number of rotatable bonds is 2. The first-order valence-electron chi connectivity index (χ1n) is 4.96. The van der Waals surface area contributed by atoms with Crippen molar-refractivity contribution >= 4 is 21.8 Å². The van der Waals surface area contributed by atoms with Crippen molar-refractivity contribution in [1.29, 1.82) is 0 Å². The van der Waals surface area contributed by atoms with Gasteiger partial charge in [-0.25, -0.2) is 13.4 Å². The molecule has 1 aliphatic heterocycles. The zero-order chi connectivity index (χ0) is 12.6. The minimum absolute atomic E-state index is 0.184. The van der Waals surface area contributed by atoms with Crippen molar-refractivity contribution in [3.63, 3.8) is 0 Å². The van der Waals surface area contributed by atoms with E-state index in [9.17, 15) is 13.2 Å². The highest BCUT2D eigenvalue weighted by Gasteiger charge is 2.22. The van der Waals surface area contributed by atoms with Gasteiger partial charge in [-0.2, -0.15) is 0 Å². The van der Waals surface area contributed by atoms with Crippen LogP contribution in [-0.4, -0.2) is 33.4 Å². The number of fused-ring (bicyclic) bond motifs is 1. The van der Waals surface area contributed by atoms with Crippen LogP contribution in [0.1, 0.15) is 15.9 Å². The molecule has 0 bridgehead atoms. The molecule has 90 valence electrons. The Balaban J connectivity index is 2.40. The summed E-state index contributed by atoms with van der Waals surface area (Å²) >= 11 is 0. The Morgan fingerprint density at radius 2 is 2.00 bits per heavy atom. The highest BCUT2D eigenvalue weighted by Crippen LogP contribution is 2.27. The Kier molecular flexibility index (Phi) is 2.76. The molecule has 1 aromatic carbocycles. The fraction of sp³-hybridized carbons (Fsp3) is 0.182. The minimum atomic E-state index is -3.36. The van der Waals surface area contributed by atoms with Gasteiger partial charge in [-0.3, -0.25) is 10.2 Å². The van der Waals surface area contributed by atoms with Crippen LogP contribution in [0.25, 0.3) is 6.08 Å². The molecule has 0 atom stereocenters. The molecule has 0 saturated heterocycles. The zero-order valence-corrected chi connectivity index (χ0v) is 10.3. The first-order valence-corrected chi connectivity index (χ1v) is 6.50. The Labute approximate surface area is 99.6 Å². The van der Waals surface area contributed by atoms with Crippen molar-refractivity contribution in [1.82, 2.24) is 10.4 Å². The number of carbonyl (C=O) groups is 1. The molecule has 1 aromatic rings. The van der Waals surface area contributed by atoms with Crippen molar-refractivity contribution in [2.24, 2.45) is 0 Å². The summed E-state index contributed by atoms with van der Waals surface area (Å²) in [5, 5.41) is 2.65. The maximum atomic E-state index is 11.7. The third kappa shape index (κ3) is 2.22. The summed E-state index contributed by atoms with van der Waals surface area (Å²) in [4.78, 5) is 11.9. The molecule has 0 unspecified atom stereocenters. The molecule has 0 spiro atoms. The number of benzene rings is 1. The summed E-state index contributed by atoms with van der Waals surface area (Å²) in [6, 6.07) is 4.62. The minimum Gasteiger partial charge on any atom is -0.285 e. The van der Waals surface area contributed by atoms with E-state index in [-0.39, 0.29) is 10.8 Å². The van der Waals surface area contributed by atoms with Crippen molar-refractivity contribution in [2.45, 2.75) is 4.90 Å². The van der Waals surface area contributed by atoms with Gasteiger partial charge in [-0.1, -0.05) is 6.07 Å². The quantitative estimate of drug-likeness (QED) is 0.785. The van der Waals surface area contributed by atoms with Crippen molar-refractivity contribution in [3.8, 4) is 0 Å². The SMILES string of the molecule is CN(C)NC(=O)c1ccc2c(c1)S(=O)(=O)C=C2. The van der Waals surface area contributed by atoms with Gasteiger partial charge in [0.15, 0.2) is 9.84 Å². The normalized spacial score (nSPS) is 15.9. The first-order chi connectivity index (χ1) is 7.90. The number of hydrazine groups is 1. The van der Waals surface area contributed by atoms with E-state index in [4.69, 9.17) is 0 Å². The Morgan fingerprint density at radius 3 is 2.65 bits per heavy atom. The Hall–Kier alpha value is -1.66. The number of hydrogen-bond donors (Lipinski definition) is 1. The average Bonchev–Trinajstić information content (AvgIpc) is 2.54. The lowest BCUT2D eigenvalue weighted by Gasteiger charge is -2.12. The number of carbonyl (C=O) groups excluding carboxylic acids is 1. The number of amides is 1. The summed E-state index contributed by atoms with van der Waals surface area (Å²) in [6.07, 6.45) is 1.53. The van der Waals surface area contributed by atoms with Gasteiger partial charge in [-0.15, -0.1) is 0 Å². The molecule has 6 heteroatoms. The van der Waals surface area contributed by atoms with E-state index < -0.39 is 9.84 Å². The Morgan fingerprint density at radius 1 is 1.29 bits per heavy atom. The molecule has 1 heterocycles. The van der Waals surface area contributed by atoms with Gasteiger partial charge >= 0.3 is 0 Å². The second-order valence-corrected chi connectivity index (χ2v) is 5.74.